The number of hydrogen-bond donors (Lipinski definition) is 2. The topological polar surface area (TPSA) is 105 Å². The first kappa shape index (κ1) is 21.9. The van der Waals surface area contributed by atoms with Crippen molar-refractivity contribution in [3.63, 3.8) is 0 Å². The number of aliphatic hydroxyl groups excluding tert-OH is 2. The second kappa shape index (κ2) is 8.95. The quantitative estimate of drug-likeness (QED) is 0.616. The number of aromatic nitrogens is 2. The van der Waals surface area contributed by atoms with Crippen molar-refractivity contribution in [1.82, 2.24) is 9.97 Å². The molecule has 3 aromatic rings. The minimum absolute atomic E-state index is 0.0181. The molecule has 0 aliphatic heterocycles. The van der Waals surface area contributed by atoms with Crippen LogP contribution < -0.4 is 9.64 Å². The van der Waals surface area contributed by atoms with Gasteiger partial charge in [0.2, 0.25) is 0 Å². The van der Waals surface area contributed by atoms with Crippen LogP contribution in [0.1, 0.15) is 20.8 Å². The molecule has 0 aliphatic rings. The van der Waals surface area contributed by atoms with E-state index in [-0.39, 0.29) is 13.2 Å². The number of nitrogens with zero attached hydrogens (tertiary/aromatic N) is 3. The summed E-state index contributed by atoms with van der Waals surface area (Å²) in [7, 11) is 1.61. The zero-order chi connectivity index (χ0) is 21.9. The summed E-state index contributed by atoms with van der Waals surface area (Å²) in [5, 5.41) is 19.1. The molecule has 3 rings (SSSR count). The highest BCUT2D eigenvalue weighted by molar-refractivity contribution is 7.21. The molecule has 0 saturated carbocycles. The van der Waals surface area contributed by atoms with Gasteiger partial charge in [-0.2, -0.15) is 0 Å². The highest BCUT2D eigenvalue weighted by Crippen LogP contribution is 2.32. The lowest BCUT2D eigenvalue weighted by Gasteiger charge is -2.24. The van der Waals surface area contributed by atoms with Crippen molar-refractivity contribution in [3.8, 4) is 16.3 Å². The monoisotopic (exact) mass is 431 g/mol. The summed E-state index contributed by atoms with van der Waals surface area (Å²) in [5.74, 6) is 1.07. The number of benzene rings is 1. The fourth-order valence-electron chi connectivity index (χ4n) is 2.50. The molecule has 1 atom stereocenters. The Bertz CT molecular complexity index is 1010. The van der Waals surface area contributed by atoms with Gasteiger partial charge in [-0.25, -0.2) is 14.8 Å². The molecule has 0 radical (unpaired) electrons. The Morgan fingerprint density at radius 2 is 2.03 bits per heavy atom. The number of anilines is 1. The van der Waals surface area contributed by atoms with Gasteiger partial charge in [0, 0.05) is 18.8 Å². The maximum absolute atomic E-state index is 12.2. The number of carbonyl (C=O) groups is 1. The molecule has 0 unspecified atom stereocenters. The van der Waals surface area contributed by atoms with Crippen molar-refractivity contribution < 1.29 is 24.5 Å². The number of pyridine rings is 1. The van der Waals surface area contributed by atoms with Crippen LogP contribution in [0.5, 0.6) is 5.75 Å². The van der Waals surface area contributed by atoms with Crippen LogP contribution in [0.2, 0.25) is 0 Å². The Morgan fingerprint density at radius 3 is 2.67 bits per heavy atom. The zero-order valence-electron chi connectivity index (χ0n) is 17.3. The summed E-state index contributed by atoms with van der Waals surface area (Å²) in [4.78, 5) is 22.5. The Kier molecular flexibility index (Phi) is 6.55. The minimum Gasteiger partial charge on any atom is -0.491 e. The molecule has 8 nitrogen and oxygen atoms in total. The van der Waals surface area contributed by atoms with Gasteiger partial charge in [0.1, 0.15) is 34.9 Å². The lowest BCUT2D eigenvalue weighted by molar-refractivity contribution is 0.0536. The fourth-order valence-corrected chi connectivity index (χ4v) is 3.48. The van der Waals surface area contributed by atoms with E-state index in [0.717, 1.165) is 20.8 Å². The van der Waals surface area contributed by atoms with Crippen LogP contribution in [0.15, 0.2) is 36.5 Å². The van der Waals surface area contributed by atoms with E-state index in [4.69, 9.17) is 14.6 Å². The summed E-state index contributed by atoms with van der Waals surface area (Å²) in [6, 6.07) is 9.06. The Morgan fingerprint density at radius 1 is 1.27 bits per heavy atom. The molecule has 0 aliphatic carbocycles. The predicted molar refractivity (Wildman–Crippen MR) is 116 cm³/mol. The van der Waals surface area contributed by atoms with Gasteiger partial charge in [0.15, 0.2) is 0 Å². The molecule has 9 heteroatoms. The molecule has 30 heavy (non-hydrogen) atoms. The number of aliphatic hydroxyl groups is 2. The van der Waals surface area contributed by atoms with Crippen LogP contribution in [0.4, 0.5) is 10.6 Å². The number of rotatable bonds is 6. The lowest BCUT2D eigenvalue weighted by Crippen LogP contribution is -2.34. The largest absolute Gasteiger partial charge is 0.491 e. The Labute approximate surface area is 178 Å². The maximum Gasteiger partial charge on any atom is 0.415 e. The van der Waals surface area contributed by atoms with Gasteiger partial charge in [-0.15, -0.1) is 11.3 Å². The number of amides is 1. The smallest absolute Gasteiger partial charge is 0.415 e. The Balaban J connectivity index is 1.75. The average molecular weight is 432 g/mol. The van der Waals surface area contributed by atoms with E-state index in [1.54, 1.807) is 25.4 Å². The van der Waals surface area contributed by atoms with E-state index in [2.05, 4.69) is 9.97 Å². The van der Waals surface area contributed by atoms with E-state index < -0.39 is 17.8 Å². The molecule has 0 saturated heterocycles. The lowest BCUT2D eigenvalue weighted by atomic mass is 10.2. The summed E-state index contributed by atoms with van der Waals surface area (Å²) in [6.07, 6.45) is 0.283. The van der Waals surface area contributed by atoms with Gasteiger partial charge < -0.3 is 19.7 Å². The molecule has 0 bridgehead atoms. The molecule has 1 amide bonds. The molecule has 2 N–H and O–H groups in total. The number of ether oxygens (including phenoxy) is 2. The third-order valence-corrected chi connectivity index (χ3v) is 5.09. The molecular formula is C21H25N3O5S. The van der Waals surface area contributed by atoms with Crippen LogP contribution >= 0.6 is 11.3 Å². The van der Waals surface area contributed by atoms with Crippen LogP contribution in [0.3, 0.4) is 0 Å². The van der Waals surface area contributed by atoms with Crippen molar-refractivity contribution in [1.29, 1.82) is 0 Å². The summed E-state index contributed by atoms with van der Waals surface area (Å²) in [6.45, 7) is 5.11. The van der Waals surface area contributed by atoms with Crippen molar-refractivity contribution in [2.45, 2.75) is 32.5 Å². The van der Waals surface area contributed by atoms with Gasteiger partial charge in [-0.3, -0.25) is 4.90 Å². The highest BCUT2D eigenvalue weighted by Gasteiger charge is 2.21. The number of carbonyl (C=O) groups excluding carboxylic acids is 1. The molecule has 2 heterocycles. The Hall–Kier alpha value is -2.75. The second-order valence-corrected chi connectivity index (χ2v) is 8.77. The van der Waals surface area contributed by atoms with E-state index >= 15 is 0 Å². The van der Waals surface area contributed by atoms with Crippen molar-refractivity contribution in [2.75, 3.05) is 25.2 Å². The van der Waals surface area contributed by atoms with Gasteiger partial charge in [0.25, 0.3) is 0 Å². The standard InChI is InChI=1S/C21H25N3O5S/c1-21(2,3)29-20(27)24(4)18-8-5-13(10-22-18)19-23-16-7-6-15(9-17(16)30-19)28-12-14(26)11-25/h5-10,14,25-26H,11-12H2,1-4H3/t14-/m1/s1. The third kappa shape index (κ3) is 5.44. The van der Waals surface area contributed by atoms with E-state index in [1.807, 2.05) is 39.0 Å². The second-order valence-electron chi connectivity index (χ2n) is 7.74. The van der Waals surface area contributed by atoms with Crippen LogP contribution in [-0.2, 0) is 4.74 Å². The summed E-state index contributed by atoms with van der Waals surface area (Å²) >= 11 is 1.48. The van der Waals surface area contributed by atoms with E-state index in [1.165, 1.54) is 16.2 Å². The van der Waals surface area contributed by atoms with Gasteiger partial charge in [0.05, 0.1) is 16.8 Å². The van der Waals surface area contributed by atoms with Crippen LogP contribution in [-0.4, -0.2) is 58.2 Å². The minimum atomic E-state index is -0.916. The van der Waals surface area contributed by atoms with E-state index in [0.29, 0.717) is 11.6 Å². The first-order valence-corrected chi connectivity index (χ1v) is 10.2. The molecule has 2 aromatic heterocycles. The van der Waals surface area contributed by atoms with Crippen LogP contribution in [0, 0.1) is 0 Å². The molecule has 0 fully saturated rings. The average Bonchev–Trinajstić information content (AvgIpc) is 3.13. The first-order valence-electron chi connectivity index (χ1n) is 9.42. The fraction of sp³-hybridized carbons (Fsp3) is 0.381. The zero-order valence-corrected chi connectivity index (χ0v) is 18.1. The summed E-state index contributed by atoms with van der Waals surface area (Å²) < 4.78 is 11.8. The number of hydrogen-bond acceptors (Lipinski definition) is 8. The van der Waals surface area contributed by atoms with Crippen molar-refractivity contribution >= 4 is 33.5 Å². The van der Waals surface area contributed by atoms with Gasteiger partial charge >= 0.3 is 6.09 Å². The van der Waals surface area contributed by atoms with E-state index in [9.17, 15) is 9.90 Å². The molecule has 0 spiro atoms. The predicted octanol–water partition coefficient (Wildman–Crippen LogP) is 3.46. The van der Waals surface area contributed by atoms with Crippen molar-refractivity contribution in [2.24, 2.45) is 0 Å². The highest BCUT2D eigenvalue weighted by atomic mass is 32.1. The van der Waals surface area contributed by atoms with Gasteiger partial charge in [-0.1, -0.05) is 0 Å². The molecule has 1 aromatic carbocycles. The van der Waals surface area contributed by atoms with Crippen molar-refractivity contribution in [3.05, 3.63) is 36.5 Å². The maximum atomic E-state index is 12.2. The molecule has 160 valence electrons. The number of thiazole rings is 1. The normalized spacial score (nSPS) is 12.6. The van der Waals surface area contributed by atoms with Gasteiger partial charge in [-0.05, 0) is 51.1 Å². The van der Waals surface area contributed by atoms with Crippen LogP contribution in [0.25, 0.3) is 20.8 Å². The SMILES string of the molecule is CN(C(=O)OC(C)(C)C)c1ccc(-c2nc3ccc(OC[C@H](O)CO)cc3s2)cn1. The third-order valence-electron chi connectivity index (χ3n) is 4.02. The first-order chi connectivity index (χ1) is 14.2. The molecular weight excluding hydrogens is 406 g/mol. The summed E-state index contributed by atoms with van der Waals surface area (Å²) in [5.41, 5.74) is 1.07. The number of fused-ring (bicyclic) bond motifs is 1.